The maximum Gasteiger partial charge on any atom is 0.410 e. The molecule has 0 radical (unpaired) electrons. The molecule has 10 heteroatoms. The van der Waals surface area contributed by atoms with Gasteiger partial charge in [0.1, 0.15) is 10.2 Å². The average Bonchev–Trinajstić information content (AvgIpc) is 3.13. The number of aromatic nitrogens is 4. The molecule has 3 aromatic rings. The van der Waals surface area contributed by atoms with Crippen molar-refractivity contribution in [3.8, 4) is 23.0 Å². The summed E-state index contributed by atoms with van der Waals surface area (Å²) in [5.74, 6) is 0.706. The Morgan fingerprint density at radius 2 is 1.86 bits per heavy atom. The van der Waals surface area contributed by atoms with Crippen LogP contribution < -0.4 is 5.73 Å². The van der Waals surface area contributed by atoms with Crippen LogP contribution in [0.4, 0.5) is 10.6 Å². The number of ether oxygens (including phenoxy) is 1. The van der Waals surface area contributed by atoms with Crippen LogP contribution in [0.3, 0.4) is 0 Å². The van der Waals surface area contributed by atoms with Crippen LogP contribution in [0, 0.1) is 0 Å². The number of benzene rings is 1. The molecular formula is C19H21BrN6O3. The van der Waals surface area contributed by atoms with Gasteiger partial charge in [-0.25, -0.2) is 14.8 Å². The number of nitrogens with two attached hydrogens (primary N) is 1. The van der Waals surface area contributed by atoms with E-state index in [1.54, 1.807) is 7.05 Å². The molecule has 1 aromatic carbocycles. The highest BCUT2D eigenvalue weighted by atomic mass is 79.9. The average molecular weight is 461 g/mol. The fourth-order valence-electron chi connectivity index (χ4n) is 2.40. The number of nitrogen functional groups attached to an aromatic ring is 1. The van der Waals surface area contributed by atoms with Gasteiger partial charge in [-0.3, -0.25) is 0 Å². The third kappa shape index (κ3) is 5.29. The molecule has 2 N–H and O–H groups in total. The van der Waals surface area contributed by atoms with Gasteiger partial charge >= 0.3 is 6.09 Å². The van der Waals surface area contributed by atoms with E-state index in [1.807, 2.05) is 45.0 Å². The van der Waals surface area contributed by atoms with Gasteiger partial charge in [-0.15, -0.1) is 10.2 Å². The lowest BCUT2D eigenvalue weighted by molar-refractivity contribution is 0.0285. The molecule has 0 spiro atoms. The lowest BCUT2D eigenvalue weighted by Crippen LogP contribution is -2.33. The standard InChI is InChI=1S/C19H21BrN6O3/c1-19(2,3)29-18(27)26(4)10-11-5-7-12(8-6-11)16-24-25-17(28-16)14-15(21)22-9-13(20)23-14/h5-9H,10H2,1-4H3,(H2,21,22). The SMILES string of the molecule is CN(Cc1ccc(-c2nnc(-c3nc(Br)cnc3N)o2)cc1)C(=O)OC(C)(C)C. The number of nitrogens with zero attached hydrogens (tertiary/aromatic N) is 5. The van der Waals surface area contributed by atoms with Gasteiger partial charge in [-0.05, 0) is 54.4 Å². The lowest BCUT2D eigenvalue weighted by Gasteiger charge is -2.24. The number of rotatable bonds is 4. The summed E-state index contributed by atoms with van der Waals surface area (Å²) in [5.41, 5.74) is 7.28. The van der Waals surface area contributed by atoms with Gasteiger partial charge in [-0.2, -0.15) is 0 Å². The van der Waals surface area contributed by atoms with Gasteiger partial charge in [0.15, 0.2) is 11.5 Å². The van der Waals surface area contributed by atoms with Crippen LogP contribution in [0.15, 0.2) is 39.5 Å². The molecule has 3 rings (SSSR count). The largest absolute Gasteiger partial charge is 0.444 e. The van der Waals surface area contributed by atoms with E-state index in [0.717, 1.165) is 11.1 Å². The first-order valence-electron chi connectivity index (χ1n) is 8.78. The summed E-state index contributed by atoms with van der Waals surface area (Å²) in [4.78, 5) is 21.8. The molecule has 0 unspecified atom stereocenters. The number of carbonyl (C=O) groups excluding carboxylic acids is 1. The Morgan fingerprint density at radius 1 is 1.21 bits per heavy atom. The Morgan fingerprint density at radius 3 is 2.52 bits per heavy atom. The van der Waals surface area contributed by atoms with Gasteiger partial charge < -0.3 is 19.8 Å². The van der Waals surface area contributed by atoms with Crippen LogP contribution in [0.5, 0.6) is 0 Å². The molecule has 0 aliphatic rings. The minimum absolute atomic E-state index is 0.181. The molecule has 0 fully saturated rings. The van der Waals surface area contributed by atoms with Crippen molar-refractivity contribution in [2.24, 2.45) is 0 Å². The molecule has 29 heavy (non-hydrogen) atoms. The summed E-state index contributed by atoms with van der Waals surface area (Å²) in [6, 6.07) is 7.44. The quantitative estimate of drug-likeness (QED) is 0.621. The first-order valence-corrected chi connectivity index (χ1v) is 9.57. The fourth-order valence-corrected chi connectivity index (χ4v) is 2.68. The third-order valence-electron chi connectivity index (χ3n) is 3.72. The highest BCUT2D eigenvalue weighted by Gasteiger charge is 2.20. The zero-order valence-electron chi connectivity index (χ0n) is 16.5. The minimum atomic E-state index is -0.535. The summed E-state index contributed by atoms with van der Waals surface area (Å²) in [7, 11) is 1.69. The van der Waals surface area contributed by atoms with Gasteiger partial charge in [0.25, 0.3) is 5.89 Å². The number of anilines is 1. The Labute approximate surface area is 176 Å². The Balaban J connectivity index is 1.72. The van der Waals surface area contributed by atoms with Crippen LogP contribution in [-0.4, -0.2) is 43.8 Å². The molecule has 0 bridgehead atoms. The van der Waals surface area contributed by atoms with E-state index in [2.05, 4.69) is 36.1 Å². The second kappa shape index (κ2) is 8.16. The van der Waals surface area contributed by atoms with Gasteiger partial charge in [0.2, 0.25) is 5.89 Å². The number of hydrogen-bond acceptors (Lipinski definition) is 8. The summed E-state index contributed by atoms with van der Waals surface area (Å²) in [6.07, 6.45) is 1.11. The first-order chi connectivity index (χ1) is 13.6. The molecule has 0 saturated carbocycles. The van der Waals surface area contributed by atoms with E-state index in [4.69, 9.17) is 14.9 Å². The second-order valence-electron chi connectivity index (χ2n) is 7.37. The molecule has 0 atom stereocenters. The van der Waals surface area contributed by atoms with Crippen molar-refractivity contribution < 1.29 is 13.9 Å². The van der Waals surface area contributed by atoms with E-state index >= 15 is 0 Å². The maximum atomic E-state index is 12.1. The Hall–Kier alpha value is -3.01. The van der Waals surface area contributed by atoms with Crippen molar-refractivity contribution in [1.82, 2.24) is 25.1 Å². The Bertz CT molecular complexity index is 1010. The number of amides is 1. The van der Waals surface area contributed by atoms with Crippen molar-refractivity contribution in [1.29, 1.82) is 0 Å². The van der Waals surface area contributed by atoms with E-state index < -0.39 is 5.60 Å². The zero-order chi connectivity index (χ0) is 21.2. The molecular weight excluding hydrogens is 440 g/mol. The first kappa shape index (κ1) is 20.7. The van der Waals surface area contributed by atoms with E-state index in [9.17, 15) is 4.79 Å². The second-order valence-corrected chi connectivity index (χ2v) is 8.18. The number of carbonyl (C=O) groups is 1. The molecule has 0 aliphatic carbocycles. The normalized spacial score (nSPS) is 11.3. The minimum Gasteiger partial charge on any atom is -0.444 e. The molecule has 1 amide bonds. The van der Waals surface area contributed by atoms with Crippen LogP contribution in [-0.2, 0) is 11.3 Å². The van der Waals surface area contributed by atoms with Crippen molar-refractivity contribution in [3.63, 3.8) is 0 Å². The van der Waals surface area contributed by atoms with Gasteiger partial charge in [0, 0.05) is 19.2 Å². The zero-order valence-corrected chi connectivity index (χ0v) is 18.1. The predicted molar refractivity (Wildman–Crippen MR) is 111 cm³/mol. The number of halogens is 1. The van der Waals surface area contributed by atoms with E-state index in [-0.39, 0.29) is 17.8 Å². The van der Waals surface area contributed by atoms with Crippen molar-refractivity contribution in [2.75, 3.05) is 12.8 Å². The smallest absolute Gasteiger partial charge is 0.410 e. The summed E-state index contributed by atoms with van der Waals surface area (Å²) in [5, 5.41) is 8.06. The number of hydrogen-bond donors (Lipinski definition) is 1. The highest BCUT2D eigenvalue weighted by Crippen LogP contribution is 2.26. The summed E-state index contributed by atoms with van der Waals surface area (Å²) in [6.45, 7) is 5.91. The van der Waals surface area contributed by atoms with E-state index in [0.29, 0.717) is 22.7 Å². The molecule has 2 heterocycles. The fraction of sp³-hybridized carbons (Fsp3) is 0.316. The molecule has 0 saturated heterocycles. The van der Waals surface area contributed by atoms with Crippen molar-refractivity contribution in [2.45, 2.75) is 32.9 Å². The van der Waals surface area contributed by atoms with Crippen LogP contribution in [0.1, 0.15) is 26.3 Å². The third-order valence-corrected chi connectivity index (χ3v) is 4.11. The monoisotopic (exact) mass is 460 g/mol. The van der Waals surface area contributed by atoms with Gasteiger partial charge in [-0.1, -0.05) is 12.1 Å². The van der Waals surface area contributed by atoms with E-state index in [1.165, 1.54) is 11.1 Å². The molecule has 0 aliphatic heterocycles. The van der Waals surface area contributed by atoms with Crippen molar-refractivity contribution >= 4 is 27.8 Å². The molecule has 9 nitrogen and oxygen atoms in total. The molecule has 152 valence electrons. The predicted octanol–water partition coefficient (Wildman–Crippen LogP) is 3.91. The topological polar surface area (TPSA) is 120 Å². The lowest BCUT2D eigenvalue weighted by atomic mass is 10.1. The van der Waals surface area contributed by atoms with Crippen molar-refractivity contribution in [3.05, 3.63) is 40.6 Å². The van der Waals surface area contributed by atoms with Crippen LogP contribution in [0.25, 0.3) is 23.0 Å². The van der Waals surface area contributed by atoms with Crippen LogP contribution >= 0.6 is 15.9 Å². The molecule has 2 aromatic heterocycles. The highest BCUT2D eigenvalue weighted by molar-refractivity contribution is 9.10. The summed E-state index contributed by atoms with van der Waals surface area (Å²) < 4.78 is 11.6. The van der Waals surface area contributed by atoms with Crippen LogP contribution in [0.2, 0.25) is 0 Å². The summed E-state index contributed by atoms with van der Waals surface area (Å²) >= 11 is 3.24. The maximum absolute atomic E-state index is 12.1. The Kier molecular flexibility index (Phi) is 5.83. The van der Waals surface area contributed by atoms with Gasteiger partial charge in [0.05, 0.1) is 6.20 Å².